The fourth-order valence-electron chi connectivity index (χ4n) is 2.95. The summed E-state index contributed by atoms with van der Waals surface area (Å²) in [6.45, 7) is 0. The number of thiophene rings is 1. The summed E-state index contributed by atoms with van der Waals surface area (Å²) >= 11 is 2.41. The van der Waals surface area contributed by atoms with Gasteiger partial charge in [-0.05, 0) is 29.1 Å². The summed E-state index contributed by atoms with van der Waals surface area (Å²) in [5, 5.41) is 20.3. The van der Waals surface area contributed by atoms with E-state index in [1.54, 1.807) is 48.9 Å². The van der Waals surface area contributed by atoms with Crippen LogP contribution in [0.3, 0.4) is 0 Å². The molecule has 1 aliphatic heterocycles. The number of aliphatic hydroxyl groups is 1. The summed E-state index contributed by atoms with van der Waals surface area (Å²) in [5.41, 5.74) is 2.18. The predicted octanol–water partition coefficient (Wildman–Crippen LogP) is 3.39. The zero-order valence-electron chi connectivity index (χ0n) is 14.0. The second kappa shape index (κ2) is 6.93. The van der Waals surface area contributed by atoms with Crippen LogP contribution in [0, 0.1) is 0 Å². The van der Waals surface area contributed by atoms with Gasteiger partial charge in [-0.1, -0.05) is 29.5 Å². The molecule has 4 rings (SSSR count). The lowest BCUT2D eigenvalue weighted by molar-refractivity contribution is -0.117. The van der Waals surface area contributed by atoms with Crippen molar-refractivity contribution in [2.75, 3.05) is 12.0 Å². The molecule has 3 heterocycles. The number of carbonyl (C=O) groups excluding carboxylic acids is 2. The van der Waals surface area contributed by atoms with E-state index in [1.807, 2.05) is 0 Å². The predicted molar refractivity (Wildman–Crippen MR) is 101 cm³/mol. The number of ketones is 1. The number of amides is 1. The molecule has 0 aliphatic carbocycles. The number of aliphatic hydroxyl groups excluding tert-OH is 1. The highest BCUT2D eigenvalue weighted by Crippen LogP contribution is 2.42. The first-order chi connectivity index (χ1) is 13.1. The van der Waals surface area contributed by atoms with Crippen LogP contribution >= 0.6 is 22.7 Å². The van der Waals surface area contributed by atoms with Crippen LogP contribution in [0.1, 0.15) is 21.3 Å². The van der Waals surface area contributed by atoms with Crippen LogP contribution in [0.5, 0.6) is 5.75 Å². The van der Waals surface area contributed by atoms with Gasteiger partial charge in [-0.3, -0.25) is 14.5 Å². The molecule has 27 heavy (non-hydrogen) atoms. The summed E-state index contributed by atoms with van der Waals surface area (Å²) in [4.78, 5) is 27.6. The Morgan fingerprint density at radius 3 is 2.59 bits per heavy atom. The first-order valence-corrected chi connectivity index (χ1v) is 9.62. The lowest BCUT2D eigenvalue weighted by Gasteiger charge is -2.24. The third kappa shape index (κ3) is 2.90. The van der Waals surface area contributed by atoms with Crippen molar-refractivity contribution in [3.05, 3.63) is 69.1 Å². The van der Waals surface area contributed by atoms with E-state index in [1.165, 1.54) is 21.7 Å². The van der Waals surface area contributed by atoms with E-state index < -0.39 is 17.7 Å². The highest BCUT2D eigenvalue weighted by Gasteiger charge is 2.46. The van der Waals surface area contributed by atoms with Crippen LogP contribution in [0.15, 0.2) is 58.6 Å². The van der Waals surface area contributed by atoms with Gasteiger partial charge in [-0.25, -0.2) is 0 Å². The first-order valence-electron chi connectivity index (χ1n) is 7.87. The number of aromatic nitrogens is 2. The van der Waals surface area contributed by atoms with Crippen molar-refractivity contribution in [1.82, 2.24) is 10.2 Å². The Kier molecular flexibility index (Phi) is 4.46. The molecule has 9 heteroatoms. The number of carbonyl (C=O) groups is 2. The first kappa shape index (κ1) is 17.4. The maximum absolute atomic E-state index is 13.0. The van der Waals surface area contributed by atoms with Crippen molar-refractivity contribution in [2.24, 2.45) is 0 Å². The van der Waals surface area contributed by atoms with E-state index in [2.05, 4.69) is 10.2 Å². The Hall–Kier alpha value is -3.04. The van der Waals surface area contributed by atoms with Crippen molar-refractivity contribution in [3.8, 4) is 5.75 Å². The molecule has 0 saturated carbocycles. The quantitative estimate of drug-likeness (QED) is 0.661. The lowest BCUT2D eigenvalue weighted by atomic mass is 9.95. The molecule has 1 amide bonds. The molecule has 0 unspecified atom stereocenters. The molecular weight excluding hydrogens is 386 g/mol. The van der Waals surface area contributed by atoms with Gasteiger partial charge in [-0.15, -0.1) is 21.5 Å². The smallest absolute Gasteiger partial charge is 0.296 e. The van der Waals surface area contributed by atoms with Crippen molar-refractivity contribution < 1.29 is 19.4 Å². The van der Waals surface area contributed by atoms with Crippen molar-refractivity contribution in [3.63, 3.8) is 0 Å². The molecule has 1 N–H and O–H groups in total. The normalized spacial score (nSPS) is 16.9. The van der Waals surface area contributed by atoms with Crippen LogP contribution < -0.4 is 9.64 Å². The van der Waals surface area contributed by atoms with E-state index >= 15 is 0 Å². The zero-order chi connectivity index (χ0) is 19.0. The average molecular weight is 399 g/mol. The Bertz CT molecular complexity index is 1010. The van der Waals surface area contributed by atoms with Crippen LogP contribution in [0.2, 0.25) is 0 Å². The molecule has 2 aromatic heterocycles. The molecule has 0 radical (unpaired) electrons. The molecule has 0 bridgehead atoms. The second-order valence-corrected chi connectivity index (χ2v) is 7.40. The Labute approximate surface area is 162 Å². The number of anilines is 1. The number of methoxy groups -OCH3 is 1. The summed E-state index contributed by atoms with van der Waals surface area (Å²) in [6.07, 6.45) is 0. The molecule has 1 aromatic carbocycles. The van der Waals surface area contributed by atoms with Crippen molar-refractivity contribution in [1.29, 1.82) is 0 Å². The lowest BCUT2D eigenvalue weighted by Crippen LogP contribution is -2.31. The molecule has 1 aliphatic rings. The largest absolute Gasteiger partial charge is 0.503 e. The molecule has 0 fully saturated rings. The van der Waals surface area contributed by atoms with E-state index in [4.69, 9.17) is 4.74 Å². The SMILES string of the molecule is COc1ccc([C@@H]2C(C(=O)c3cccs3)=C(O)C(=O)N2c2nncs2)cc1. The number of nitrogens with zero attached hydrogens (tertiary/aromatic N) is 3. The minimum Gasteiger partial charge on any atom is -0.503 e. The summed E-state index contributed by atoms with van der Waals surface area (Å²) in [6, 6.07) is 9.59. The summed E-state index contributed by atoms with van der Waals surface area (Å²) in [7, 11) is 1.55. The topological polar surface area (TPSA) is 92.6 Å². The molecular formula is C18H13N3O4S2. The van der Waals surface area contributed by atoms with Gasteiger partial charge in [0.15, 0.2) is 5.76 Å². The van der Waals surface area contributed by atoms with Crippen LogP contribution in [0.4, 0.5) is 5.13 Å². The number of benzene rings is 1. The van der Waals surface area contributed by atoms with Crippen LogP contribution in [-0.2, 0) is 4.79 Å². The standard InChI is InChI=1S/C18H13N3O4S2/c1-25-11-6-4-10(5-7-11)14-13(15(22)12-3-2-8-26-12)16(23)17(24)21(14)18-20-19-9-27-18/h2-9,14,23H,1H3/t14-/m1/s1. The number of hydrogen-bond acceptors (Lipinski definition) is 8. The Balaban J connectivity index is 1.86. The number of rotatable bonds is 5. The number of ether oxygens (including phenoxy) is 1. The molecule has 136 valence electrons. The maximum atomic E-state index is 13.0. The fraction of sp³-hybridized carbons (Fsp3) is 0.111. The van der Waals surface area contributed by atoms with Crippen LogP contribution in [-0.4, -0.2) is 34.1 Å². The van der Waals surface area contributed by atoms with Gasteiger partial charge in [0.2, 0.25) is 10.9 Å². The maximum Gasteiger partial charge on any atom is 0.296 e. The van der Waals surface area contributed by atoms with E-state index in [9.17, 15) is 14.7 Å². The molecule has 7 nitrogen and oxygen atoms in total. The summed E-state index contributed by atoms with van der Waals surface area (Å²) < 4.78 is 5.18. The van der Waals surface area contributed by atoms with E-state index in [0.29, 0.717) is 21.3 Å². The Morgan fingerprint density at radius 1 is 1.22 bits per heavy atom. The summed E-state index contributed by atoms with van der Waals surface area (Å²) in [5.74, 6) is -0.981. The van der Waals surface area contributed by atoms with Gasteiger partial charge in [0.25, 0.3) is 5.91 Å². The highest BCUT2D eigenvalue weighted by atomic mass is 32.1. The zero-order valence-corrected chi connectivity index (χ0v) is 15.7. The van der Waals surface area contributed by atoms with E-state index in [0.717, 1.165) is 11.3 Å². The van der Waals surface area contributed by atoms with Gasteiger partial charge in [0, 0.05) is 0 Å². The molecule has 1 atom stereocenters. The monoisotopic (exact) mass is 399 g/mol. The Morgan fingerprint density at radius 2 is 2.00 bits per heavy atom. The van der Waals surface area contributed by atoms with Gasteiger partial charge in [-0.2, -0.15) is 0 Å². The average Bonchev–Trinajstić information content (AvgIpc) is 3.44. The number of hydrogen-bond donors (Lipinski definition) is 1. The van der Waals surface area contributed by atoms with Crippen molar-refractivity contribution >= 4 is 39.5 Å². The fourth-order valence-corrected chi connectivity index (χ4v) is 4.21. The third-order valence-electron chi connectivity index (χ3n) is 4.18. The second-order valence-electron chi connectivity index (χ2n) is 5.64. The third-order valence-corrected chi connectivity index (χ3v) is 5.74. The minimum atomic E-state index is -0.800. The highest BCUT2D eigenvalue weighted by molar-refractivity contribution is 7.13. The minimum absolute atomic E-state index is 0.0304. The van der Waals surface area contributed by atoms with Gasteiger partial charge in [0.05, 0.1) is 23.6 Å². The molecule has 3 aromatic rings. The van der Waals surface area contributed by atoms with Crippen molar-refractivity contribution in [2.45, 2.75) is 6.04 Å². The number of Topliss-reactive ketones (excluding diaryl/α,β-unsaturated/α-hetero) is 1. The van der Waals surface area contributed by atoms with E-state index in [-0.39, 0.29) is 11.4 Å². The van der Waals surface area contributed by atoms with Gasteiger partial charge in [0.1, 0.15) is 11.3 Å². The van der Waals surface area contributed by atoms with Gasteiger partial charge < -0.3 is 9.84 Å². The molecule has 0 spiro atoms. The molecule has 0 saturated heterocycles. The van der Waals surface area contributed by atoms with Crippen LogP contribution in [0.25, 0.3) is 0 Å². The van der Waals surface area contributed by atoms with Gasteiger partial charge >= 0.3 is 0 Å².